The molecule has 2 aromatic rings. The van der Waals surface area contributed by atoms with Crippen LogP contribution in [0.5, 0.6) is 0 Å². The van der Waals surface area contributed by atoms with Gasteiger partial charge in [-0.3, -0.25) is 9.59 Å². The Hall–Kier alpha value is -1.86. The van der Waals surface area contributed by atoms with Crippen molar-refractivity contribution in [3.8, 4) is 0 Å². The number of benzene rings is 1. The largest absolute Gasteiger partial charge is 0.481 e. The maximum atomic E-state index is 12.3. The highest BCUT2D eigenvalue weighted by Crippen LogP contribution is 2.30. The monoisotopic (exact) mass is 381 g/mol. The van der Waals surface area contributed by atoms with Gasteiger partial charge in [-0.1, -0.05) is 15.9 Å². The van der Waals surface area contributed by atoms with E-state index in [2.05, 4.69) is 21.2 Å². The quantitative estimate of drug-likeness (QED) is 0.849. The average Bonchev–Trinajstić information content (AvgIpc) is 2.96. The highest BCUT2D eigenvalue weighted by atomic mass is 79.9. The van der Waals surface area contributed by atoms with Crippen molar-refractivity contribution in [2.45, 2.75) is 12.8 Å². The first kappa shape index (κ1) is 16.0. The number of amides is 1. The zero-order valence-electron chi connectivity index (χ0n) is 12.3. The third-order valence-corrected chi connectivity index (χ3v) is 4.69. The summed E-state index contributed by atoms with van der Waals surface area (Å²) in [6.45, 7) is 0.840. The first-order valence-electron chi connectivity index (χ1n) is 7.29. The lowest BCUT2D eigenvalue weighted by Gasteiger charge is -2.32. The average molecular weight is 382 g/mol. The maximum absolute atomic E-state index is 12.3. The third-order valence-electron chi connectivity index (χ3n) is 4.19. The SMILES string of the molecule is O=C(NCC1(C(=O)O)CCOCC1)c1cc2cc(Br)ccc2o1. The van der Waals surface area contributed by atoms with E-state index >= 15 is 0 Å². The summed E-state index contributed by atoms with van der Waals surface area (Å²) in [4.78, 5) is 23.8. The second-order valence-electron chi connectivity index (χ2n) is 5.67. The number of carbonyl (C=O) groups excluding carboxylic acids is 1. The first-order valence-corrected chi connectivity index (χ1v) is 8.08. The van der Waals surface area contributed by atoms with E-state index in [-0.39, 0.29) is 12.3 Å². The molecule has 0 atom stereocenters. The van der Waals surface area contributed by atoms with Gasteiger partial charge in [0, 0.05) is 29.6 Å². The normalized spacial score (nSPS) is 17.1. The summed E-state index contributed by atoms with van der Waals surface area (Å²) in [5.74, 6) is -1.15. The highest BCUT2D eigenvalue weighted by molar-refractivity contribution is 9.10. The van der Waals surface area contributed by atoms with E-state index < -0.39 is 17.3 Å². The molecule has 7 heteroatoms. The number of rotatable bonds is 4. The molecular formula is C16H16BrNO5. The lowest BCUT2D eigenvalue weighted by Crippen LogP contribution is -2.46. The first-order chi connectivity index (χ1) is 11.0. The van der Waals surface area contributed by atoms with Crippen LogP contribution in [0.4, 0.5) is 0 Å². The van der Waals surface area contributed by atoms with E-state index in [4.69, 9.17) is 9.15 Å². The van der Waals surface area contributed by atoms with E-state index in [0.29, 0.717) is 31.6 Å². The lowest BCUT2D eigenvalue weighted by molar-refractivity contribution is -0.154. The fourth-order valence-corrected chi connectivity index (χ4v) is 3.07. The van der Waals surface area contributed by atoms with Crippen LogP contribution in [0.2, 0.25) is 0 Å². The molecule has 2 N–H and O–H groups in total. The molecule has 2 heterocycles. The van der Waals surface area contributed by atoms with Crippen molar-refractivity contribution in [2.24, 2.45) is 5.41 Å². The number of carboxylic acid groups (broad SMARTS) is 1. The summed E-state index contributed by atoms with van der Waals surface area (Å²) in [5, 5.41) is 13.0. The van der Waals surface area contributed by atoms with Crippen molar-refractivity contribution < 1.29 is 23.8 Å². The van der Waals surface area contributed by atoms with Gasteiger partial charge in [0.2, 0.25) is 0 Å². The molecule has 0 aliphatic carbocycles. The Kier molecular flexibility index (Phi) is 4.41. The number of fused-ring (bicyclic) bond motifs is 1. The van der Waals surface area contributed by atoms with Gasteiger partial charge < -0.3 is 19.6 Å². The van der Waals surface area contributed by atoms with Gasteiger partial charge in [-0.25, -0.2) is 0 Å². The minimum atomic E-state index is -0.969. The molecule has 0 spiro atoms. The molecule has 0 bridgehead atoms. The van der Waals surface area contributed by atoms with E-state index in [0.717, 1.165) is 9.86 Å². The van der Waals surface area contributed by atoms with Crippen LogP contribution >= 0.6 is 15.9 Å². The van der Waals surface area contributed by atoms with Gasteiger partial charge in [-0.15, -0.1) is 0 Å². The number of carbonyl (C=O) groups is 2. The van der Waals surface area contributed by atoms with Crippen LogP contribution in [0.25, 0.3) is 11.0 Å². The van der Waals surface area contributed by atoms with Gasteiger partial charge in [-0.05, 0) is 37.1 Å². The van der Waals surface area contributed by atoms with Crippen molar-refractivity contribution in [1.82, 2.24) is 5.32 Å². The van der Waals surface area contributed by atoms with Crippen molar-refractivity contribution in [2.75, 3.05) is 19.8 Å². The van der Waals surface area contributed by atoms with Gasteiger partial charge in [-0.2, -0.15) is 0 Å². The molecule has 1 aliphatic rings. The summed E-state index contributed by atoms with van der Waals surface area (Å²) in [6.07, 6.45) is 0.769. The number of hydrogen-bond acceptors (Lipinski definition) is 4. The Balaban J connectivity index is 1.73. The van der Waals surface area contributed by atoms with Crippen LogP contribution in [0.15, 0.2) is 33.2 Å². The maximum Gasteiger partial charge on any atom is 0.311 e. The Labute approximate surface area is 140 Å². The fourth-order valence-electron chi connectivity index (χ4n) is 2.69. The zero-order chi connectivity index (χ0) is 16.4. The molecule has 1 aliphatic heterocycles. The number of halogens is 1. The van der Waals surface area contributed by atoms with Crippen molar-refractivity contribution in [3.63, 3.8) is 0 Å². The van der Waals surface area contributed by atoms with Crippen LogP contribution in [0, 0.1) is 5.41 Å². The van der Waals surface area contributed by atoms with Gasteiger partial charge >= 0.3 is 5.97 Å². The lowest BCUT2D eigenvalue weighted by atomic mass is 9.80. The summed E-state index contributed by atoms with van der Waals surface area (Å²) in [5.41, 5.74) is -0.361. The molecule has 0 radical (unpaired) electrons. The summed E-state index contributed by atoms with van der Waals surface area (Å²) < 4.78 is 11.6. The van der Waals surface area contributed by atoms with Crippen LogP contribution in [-0.4, -0.2) is 36.7 Å². The molecule has 1 aromatic carbocycles. The second-order valence-corrected chi connectivity index (χ2v) is 6.59. The van der Waals surface area contributed by atoms with Crippen LogP contribution in [0.1, 0.15) is 23.4 Å². The molecule has 1 aromatic heterocycles. The van der Waals surface area contributed by atoms with Crippen molar-refractivity contribution >= 4 is 38.8 Å². The molecule has 23 heavy (non-hydrogen) atoms. The summed E-state index contributed by atoms with van der Waals surface area (Å²) in [6, 6.07) is 7.10. The number of ether oxygens (including phenoxy) is 1. The van der Waals surface area contributed by atoms with Gasteiger partial charge in [0.25, 0.3) is 5.91 Å². The highest BCUT2D eigenvalue weighted by Gasteiger charge is 2.40. The number of aliphatic carboxylic acids is 1. The van der Waals surface area contributed by atoms with Gasteiger partial charge in [0.05, 0.1) is 5.41 Å². The molecular weight excluding hydrogens is 366 g/mol. The smallest absolute Gasteiger partial charge is 0.311 e. The molecule has 1 saturated heterocycles. The van der Waals surface area contributed by atoms with Crippen LogP contribution in [-0.2, 0) is 9.53 Å². The van der Waals surface area contributed by atoms with E-state index in [1.54, 1.807) is 12.1 Å². The number of carboxylic acids is 1. The zero-order valence-corrected chi connectivity index (χ0v) is 13.9. The molecule has 0 saturated carbocycles. The van der Waals surface area contributed by atoms with Gasteiger partial charge in [0.15, 0.2) is 5.76 Å². The van der Waals surface area contributed by atoms with E-state index in [1.807, 2.05) is 12.1 Å². The second kappa shape index (κ2) is 6.33. The standard InChI is InChI=1S/C16H16BrNO5/c17-11-1-2-12-10(7-11)8-13(23-12)14(19)18-9-16(15(20)21)3-5-22-6-4-16/h1-2,7-8H,3-6,9H2,(H,18,19)(H,20,21). The molecule has 1 fully saturated rings. The predicted octanol–water partition coefficient (Wildman–Crippen LogP) is 2.81. The molecule has 3 rings (SSSR count). The predicted molar refractivity (Wildman–Crippen MR) is 86.4 cm³/mol. The van der Waals surface area contributed by atoms with Crippen molar-refractivity contribution in [1.29, 1.82) is 0 Å². The molecule has 0 unspecified atom stereocenters. The Morgan fingerprint density at radius 1 is 1.26 bits per heavy atom. The number of nitrogens with one attached hydrogen (secondary N) is 1. The molecule has 6 nitrogen and oxygen atoms in total. The van der Waals surface area contributed by atoms with Crippen molar-refractivity contribution in [3.05, 3.63) is 34.5 Å². The summed E-state index contributed by atoms with van der Waals surface area (Å²) >= 11 is 3.37. The number of hydrogen-bond donors (Lipinski definition) is 2. The third kappa shape index (κ3) is 3.25. The van der Waals surface area contributed by atoms with E-state index in [9.17, 15) is 14.7 Å². The molecule has 122 valence electrons. The summed E-state index contributed by atoms with van der Waals surface area (Å²) in [7, 11) is 0. The number of furan rings is 1. The Morgan fingerprint density at radius 2 is 2.00 bits per heavy atom. The van der Waals surface area contributed by atoms with Crippen LogP contribution in [0.3, 0.4) is 0 Å². The fraction of sp³-hybridized carbons (Fsp3) is 0.375. The topological polar surface area (TPSA) is 88.8 Å². The Bertz CT molecular complexity index is 748. The Morgan fingerprint density at radius 3 is 2.70 bits per heavy atom. The minimum absolute atomic E-state index is 0.0608. The minimum Gasteiger partial charge on any atom is -0.481 e. The molecule has 1 amide bonds. The van der Waals surface area contributed by atoms with E-state index in [1.165, 1.54) is 0 Å². The van der Waals surface area contributed by atoms with Crippen LogP contribution < -0.4 is 5.32 Å². The van der Waals surface area contributed by atoms with Gasteiger partial charge in [0.1, 0.15) is 5.58 Å².